The van der Waals surface area contributed by atoms with Crippen molar-refractivity contribution in [1.82, 2.24) is 0 Å². The zero-order valence-electron chi connectivity index (χ0n) is 11.4. The van der Waals surface area contributed by atoms with E-state index in [1.165, 1.54) is 70.6 Å². The van der Waals surface area contributed by atoms with Crippen LogP contribution in [-0.4, -0.2) is 11.2 Å². The summed E-state index contributed by atoms with van der Waals surface area (Å²) in [6, 6.07) is 0. The Labute approximate surface area is 107 Å². The summed E-state index contributed by atoms with van der Waals surface area (Å²) in [5.74, 6) is 0. The van der Waals surface area contributed by atoms with Crippen LogP contribution in [-0.2, 0) is 0 Å². The molecule has 0 aromatic rings. The smallest absolute Gasteiger partial charge is 0.0540 e. The molecule has 0 saturated carbocycles. The van der Waals surface area contributed by atoms with Gasteiger partial charge >= 0.3 is 0 Å². The molecular formula is C16H30O. The summed E-state index contributed by atoms with van der Waals surface area (Å²) in [7, 11) is 0. The highest BCUT2D eigenvalue weighted by Gasteiger charge is 2.03. The van der Waals surface area contributed by atoms with Gasteiger partial charge in [0.05, 0.1) is 6.10 Å². The van der Waals surface area contributed by atoms with Gasteiger partial charge in [-0.15, -0.1) is 0 Å². The molecule has 1 rings (SSSR count). The standard InChI is InChI=1S/C16H30O/c17-16-14-12-10-8-6-4-2-1-3-5-7-9-11-13-15-16/h4,6,16-17H,1-3,5,7-15H2/b6-4+. The van der Waals surface area contributed by atoms with Gasteiger partial charge in [0.2, 0.25) is 0 Å². The van der Waals surface area contributed by atoms with Crippen molar-refractivity contribution in [3.63, 3.8) is 0 Å². The third-order valence-corrected chi connectivity index (χ3v) is 3.73. The van der Waals surface area contributed by atoms with Gasteiger partial charge in [-0.2, -0.15) is 0 Å². The molecule has 1 unspecified atom stereocenters. The van der Waals surface area contributed by atoms with E-state index in [-0.39, 0.29) is 6.10 Å². The number of hydrogen-bond donors (Lipinski definition) is 1. The average molecular weight is 238 g/mol. The van der Waals surface area contributed by atoms with Crippen LogP contribution in [0.4, 0.5) is 0 Å². The Balaban J connectivity index is 2.16. The fraction of sp³-hybridized carbons (Fsp3) is 0.875. The van der Waals surface area contributed by atoms with Gasteiger partial charge in [-0.05, 0) is 38.5 Å². The molecule has 0 amide bonds. The molecule has 0 spiro atoms. The Morgan fingerprint density at radius 1 is 0.588 bits per heavy atom. The molecule has 1 N–H and O–H groups in total. The summed E-state index contributed by atoms with van der Waals surface area (Å²) in [5.41, 5.74) is 0. The normalized spacial score (nSPS) is 28.6. The van der Waals surface area contributed by atoms with Gasteiger partial charge in [-0.25, -0.2) is 0 Å². The molecule has 0 aromatic carbocycles. The summed E-state index contributed by atoms with van der Waals surface area (Å²) >= 11 is 0. The Hall–Kier alpha value is -0.300. The molecule has 1 atom stereocenters. The van der Waals surface area contributed by atoms with Crippen LogP contribution in [0.5, 0.6) is 0 Å². The molecule has 0 saturated heterocycles. The van der Waals surface area contributed by atoms with Crippen molar-refractivity contribution in [3.8, 4) is 0 Å². The highest BCUT2D eigenvalue weighted by atomic mass is 16.3. The third kappa shape index (κ3) is 9.41. The van der Waals surface area contributed by atoms with Crippen LogP contribution >= 0.6 is 0 Å². The number of hydrogen-bond acceptors (Lipinski definition) is 1. The Kier molecular flexibility index (Phi) is 9.40. The van der Waals surface area contributed by atoms with Crippen LogP contribution in [0.25, 0.3) is 0 Å². The van der Waals surface area contributed by atoms with Crippen molar-refractivity contribution < 1.29 is 5.11 Å². The van der Waals surface area contributed by atoms with Crippen LogP contribution in [0.15, 0.2) is 12.2 Å². The first-order valence-corrected chi connectivity index (χ1v) is 7.72. The second kappa shape index (κ2) is 10.8. The first-order valence-electron chi connectivity index (χ1n) is 7.72. The van der Waals surface area contributed by atoms with Gasteiger partial charge in [0.15, 0.2) is 0 Å². The lowest BCUT2D eigenvalue weighted by Crippen LogP contribution is -2.05. The lowest BCUT2D eigenvalue weighted by atomic mass is 10.0. The van der Waals surface area contributed by atoms with Crippen molar-refractivity contribution in [2.24, 2.45) is 0 Å². The predicted octanol–water partition coefficient (Wildman–Crippen LogP) is 4.99. The van der Waals surface area contributed by atoms with Crippen molar-refractivity contribution in [2.45, 2.75) is 89.6 Å². The topological polar surface area (TPSA) is 20.2 Å². The predicted molar refractivity (Wildman–Crippen MR) is 75.2 cm³/mol. The van der Waals surface area contributed by atoms with E-state index in [0.29, 0.717) is 0 Å². The van der Waals surface area contributed by atoms with Crippen LogP contribution in [0.1, 0.15) is 83.5 Å². The van der Waals surface area contributed by atoms with Gasteiger partial charge in [-0.3, -0.25) is 0 Å². The highest BCUT2D eigenvalue weighted by Crippen LogP contribution is 2.14. The molecule has 100 valence electrons. The molecule has 1 heteroatoms. The second-order valence-corrected chi connectivity index (χ2v) is 5.46. The first kappa shape index (κ1) is 14.8. The van der Waals surface area contributed by atoms with E-state index in [1.807, 2.05) is 0 Å². The fourth-order valence-corrected chi connectivity index (χ4v) is 2.55. The SMILES string of the molecule is OC1CCCC/C=C/CCCCCCCCC1. The van der Waals surface area contributed by atoms with Gasteiger partial charge in [-0.1, -0.05) is 57.1 Å². The highest BCUT2D eigenvalue weighted by molar-refractivity contribution is 4.81. The van der Waals surface area contributed by atoms with E-state index in [4.69, 9.17) is 0 Å². The molecule has 0 aliphatic heterocycles. The van der Waals surface area contributed by atoms with Crippen LogP contribution in [0.2, 0.25) is 0 Å². The van der Waals surface area contributed by atoms with Gasteiger partial charge in [0.25, 0.3) is 0 Å². The van der Waals surface area contributed by atoms with Crippen LogP contribution < -0.4 is 0 Å². The monoisotopic (exact) mass is 238 g/mol. The van der Waals surface area contributed by atoms with E-state index >= 15 is 0 Å². The Morgan fingerprint density at radius 3 is 1.65 bits per heavy atom. The van der Waals surface area contributed by atoms with Crippen molar-refractivity contribution >= 4 is 0 Å². The van der Waals surface area contributed by atoms with E-state index in [2.05, 4.69) is 12.2 Å². The summed E-state index contributed by atoms with van der Waals surface area (Å²) < 4.78 is 0. The zero-order valence-corrected chi connectivity index (χ0v) is 11.4. The van der Waals surface area contributed by atoms with E-state index in [1.54, 1.807) is 0 Å². The minimum absolute atomic E-state index is 0.0353. The van der Waals surface area contributed by atoms with Crippen LogP contribution in [0.3, 0.4) is 0 Å². The summed E-state index contributed by atoms with van der Waals surface area (Å²) in [6.45, 7) is 0. The molecule has 1 aliphatic rings. The van der Waals surface area contributed by atoms with Crippen molar-refractivity contribution in [3.05, 3.63) is 12.2 Å². The minimum Gasteiger partial charge on any atom is -0.393 e. The quantitative estimate of drug-likeness (QED) is 0.590. The first-order chi connectivity index (χ1) is 8.39. The lowest BCUT2D eigenvalue weighted by molar-refractivity contribution is 0.147. The molecule has 0 bridgehead atoms. The maximum absolute atomic E-state index is 9.80. The van der Waals surface area contributed by atoms with E-state index < -0.39 is 0 Å². The molecule has 17 heavy (non-hydrogen) atoms. The second-order valence-electron chi connectivity index (χ2n) is 5.46. The molecule has 0 aromatic heterocycles. The molecule has 1 nitrogen and oxygen atoms in total. The maximum Gasteiger partial charge on any atom is 0.0540 e. The van der Waals surface area contributed by atoms with Gasteiger partial charge < -0.3 is 5.11 Å². The fourth-order valence-electron chi connectivity index (χ4n) is 2.55. The number of aliphatic hydroxyl groups is 1. The Morgan fingerprint density at radius 2 is 1.00 bits per heavy atom. The molecule has 1 aliphatic carbocycles. The molecular weight excluding hydrogens is 208 g/mol. The number of aliphatic hydroxyl groups excluding tert-OH is 1. The molecule has 0 fully saturated rings. The van der Waals surface area contributed by atoms with Crippen molar-refractivity contribution in [2.75, 3.05) is 0 Å². The Bertz CT molecular complexity index is 186. The molecule has 0 heterocycles. The van der Waals surface area contributed by atoms with Gasteiger partial charge in [0, 0.05) is 0 Å². The van der Waals surface area contributed by atoms with Crippen LogP contribution in [0, 0.1) is 0 Å². The number of allylic oxidation sites excluding steroid dienone is 2. The summed E-state index contributed by atoms with van der Waals surface area (Å²) in [6.07, 6.45) is 21.0. The largest absolute Gasteiger partial charge is 0.393 e. The van der Waals surface area contributed by atoms with E-state index in [0.717, 1.165) is 12.8 Å². The minimum atomic E-state index is -0.0353. The van der Waals surface area contributed by atoms with Crippen molar-refractivity contribution in [1.29, 1.82) is 0 Å². The third-order valence-electron chi connectivity index (χ3n) is 3.73. The number of rotatable bonds is 0. The zero-order chi connectivity index (χ0) is 12.2. The summed E-state index contributed by atoms with van der Waals surface area (Å²) in [5, 5.41) is 9.80. The average Bonchev–Trinajstić information content (AvgIpc) is 2.32. The molecule has 0 radical (unpaired) electrons. The lowest BCUT2D eigenvalue weighted by Gasteiger charge is -2.10. The van der Waals surface area contributed by atoms with Gasteiger partial charge in [0.1, 0.15) is 0 Å². The maximum atomic E-state index is 9.80. The van der Waals surface area contributed by atoms with E-state index in [9.17, 15) is 5.11 Å². The summed E-state index contributed by atoms with van der Waals surface area (Å²) in [4.78, 5) is 0.